The minimum atomic E-state index is -3.52. The van der Waals surface area contributed by atoms with Crippen LogP contribution in [0.4, 0.5) is 5.82 Å². The third kappa shape index (κ3) is 3.58. The zero-order valence-electron chi connectivity index (χ0n) is 10.8. The number of hydrogen-bond acceptors (Lipinski definition) is 4. The summed E-state index contributed by atoms with van der Waals surface area (Å²) in [6, 6.07) is 1.41. The number of rotatable bonds is 5. The van der Waals surface area contributed by atoms with Crippen LogP contribution in [0, 0.1) is 5.92 Å². The lowest BCUT2D eigenvalue weighted by atomic mass is 10.1. The monoisotopic (exact) mass is 303 g/mol. The molecule has 0 bridgehead atoms. The fourth-order valence-corrected chi connectivity index (χ4v) is 3.69. The van der Waals surface area contributed by atoms with Crippen LogP contribution in [0.2, 0.25) is 5.02 Å². The average Bonchev–Trinajstić information content (AvgIpc) is 2.89. The maximum absolute atomic E-state index is 12.1. The second-order valence-electron chi connectivity index (χ2n) is 4.75. The molecule has 1 fully saturated rings. The standard InChI is InChI=1S/C12H18ClN3O2S/c1-14-12-11(13)6-10(8-15-12)19(17,18)16-7-9-4-2-3-5-9/h6,8-9,16H,2-5,7H2,1H3,(H,14,15). The van der Waals surface area contributed by atoms with Crippen molar-refractivity contribution >= 4 is 27.4 Å². The predicted octanol–water partition coefficient (Wildman–Crippen LogP) is 2.25. The van der Waals surface area contributed by atoms with E-state index in [0.29, 0.717) is 23.3 Å². The van der Waals surface area contributed by atoms with Gasteiger partial charge in [-0.1, -0.05) is 24.4 Å². The molecule has 0 aliphatic heterocycles. The zero-order chi connectivity index (χ0) is 13.9. The van der Waals surface area contributed by atoms with Crippen LogP contribution in [0.3, 0.4) is 0 Å². The van der Waals surface area contributed by atoms with Crippen molar-refractivity contribution in [2.24, 2.45) is 5.92 Å². The Kier molecular flexibility index (Phi) is 4.65. The third-order valence-electron chi connectivity index (χ3n) is 3.40. The number of nitrogens with one attached hydrogen (secondary N) is 2. The second kappa shape index (κ2) is 6.07. The highest BCUT2D eigenvalue weighted by Gasteiger charge is 2.20. The van der Waals surface area contributed by atoms with E-state index in [4.69, 9.17) is 11.6 Å². The summed E-state index contributed by atoms with van der Waals surface area (Å²) in [5.74, 6) is 0.922. The van der Waals surface area contributed by atoms with Crippen molar-refractivity contribution in [3.8, 4) is 0 Å². The number of hydrogen-bond donors (Lipinski definition) is 2. The van der Waals surface area contributed by atoms with E-state index in [9.17, 15) is 8.42 Å². The molecule has 106 valence electrons. The molecule has 0 spiro atoms. The van der Waals surface area contributed by atoms with Crippen LogP contribution >= 0.6 is 11.6 Å². The van der Waals surface area contributed by atoms with Crippen molar-refractivity contribution in [2.75, 3.05) is 18.9 Å². The Morgan fingerprint density at radius 2 is 2.11 bits per heavy atom. The molecular weight excluding hydrogens is 286 g/mol. The van der Waals surface area contributed by atoms with E-state index in [-0.39, 0.29) is 4.90 Å². The highest BCUT2D eigenvalue weighted by Crippen LogP contribution is 2.25. The van der Waals surface area contributed by atoms with E-state index in [2.05, 4.69) is 15.0 Å². The van der Waals surface area contributed by atoms with E-state index in [0.717, 1.165) is 12.8 Å². The molecule has 0 aromatic carbocycles. The molecule has 19 heavy (non-hydrogen) atoms. The molecule has 0 atom stereocenters. The number of aromatic nitrogens is 1. The van der Waals surface area contributed by atoms with Crippen molar-refractivity contribution in [3.05, 3.63) is 17.3 Å². The molecule has 0 radical (unpaired) electrons. The van der Waals surface area contributed by atoms with Gasteiger partial charge >= 0.3 is 0 Å². The summed E-state index contributed by atoms with van der Waals surface area (Å²) in [5, 5.41) is 3.09. The summed E-state index contributed by atoms with van der Waals surface area (Å²) < 4.78 is 26.9. The molecule has 5 nitrogen and oxygen atoms in total. The van der Waals surface area contributed by atoms with Gasteiger partial charge in [-0.05, 0) is 24.8 Å². The number of nitrogens with zero attached hydrogens (tertiary/aromatic N) is 1. The van der Waals surface area contributed by atoms with E-state index in [1.54, 1.807) is 7.05 Å². The fourth-order valence-electron chi connectivity index (χ4n) is 2.28. The van der Waals surface area contributed by atoms with Gasteiger partial charge in [0.15, 0.2) is 0 Å². The van der Waals surface area contributed by atoms with Gasteiger partial charge in [0, 0.05) is 19.8 Å². The minimum absolute atomic E-state index is 0.106. The van der Waals surface area contributed by atoms with E-state index in [1.807, 2.05) is 0 Å². The molecule has 0 saturated heterocycles. The van der Waals surface area contributed by atoms with Gasteiger partial charge < -0.3 is 5.32 Å². The zero-order valence-corrected chi connectivity index (χ0v) is 12.4. The lowest BCUT2D eigenvalue weighted by Gasteiger charge is -2.12. The van der Waals surface area contributed by atoms with E-state index < -0.39 is 10.0 Å². The first-order valence-corrected chi connectivity index (χ1v) is 8.22. The summed E-state index contributed by atoms with van der Waals surface area (Å²) in [6.07, 6.45) is 5.89. The molecule has 0 amide bonds. The topological polar surface area (TPSA) is 71.1 Å². The molecule has 1 aromatic rings. The number of sulfonamides is 1. The van der Waals surface area contributed by atoms with Gasteiger partial charge in [-0.2, -0.15) is 0 Å². The Morgan fingerprint density at radius 3 is 2.68 bits per heavy atom. The highest BCUT2D eigenvalue weighted by atomic mass is 35.5. The molecule has 1 heterocycles. The molecule has 2 N–H and O–H groups in total. The summed E-state index contributed by atoms with van der Waals surface area (Å²) in [5.41, 5.74) is 0. The third-order valence-corrected chi connectivity index (χ3v) is 5.08. The molecule has 0 unspecified atom stereocenters. The van der Waals surface area contributed by atoms with Crippen LogP contribution in [0.1, 0.15) is 25.7 Å². The van der Waals surface area contributed by atoms with Gasteiger partial charge in [0.1, 0.15) is 10.7 Å². The van der Waals surface area contributed by atoms with Crippen molar-refractivity contribution in [1.29, 1.82) is 0 Å². The van der Waals surface area contributed by atoms with Crippen molar-refractivity contribution in [1.82, 2.24) is 9.71 Å². The maximum atomic E-state index is 12.1. The Labute approximate surface area is 118 Å². The first-order chi connectivity index (χ1) is 9.03. The van der Waals surface area contributed by atoms with Gasteiger partial charge in [-0.3, -0.25) is 0 Å². The molecule has 1 aliphatic carbocycles. The van der Waals surface area contributed by atoms with E-state index in [1.165, 1.54) is 25.1 Å². The lowest BCUT2D eigenvalue weighted by molar-refractivity contribution is 0.519. The Hall–Kier alpha value is -0.850. The first kappa shape index (κ1) is 14.6. The van der Waals surface area contributed by atoms with Crippen molar-refractivity contribution in [2.45, 2.75) is 30.6 Å². The summed E-state index contributed by atoms with van der Waals surface area (Å²) in [4.78, 5) is 4.09. The molecule has 1 saturated carbocycles. The van der Waals surface area contributed by atoms with Crippen LogP contribution in [0.15, 0.2) is 17.2 Å². The van der Waals surface area contributed by atoms with Gasteiger partial charge in [-0.25, -0.2) is 18.1 Å². The maximum Gasteiger partial charge on any atom is 0.242 e. The SMILES string of the molecule is CNc1ncc(S(=O)(=O)NCC2CCCC2)cc1Cl. The minimum Gasteiger partial charge on any atom is -0.372 e. The predicted molar refractivity (Wildman–Crippen MR) is 75.9 cm³/mol. The quantitative estimate of drug-likeness (QED) is 0.875. The summed E-state index contributed by atoms with van der Waals surface area (Å²) >= 11 is 5.95. The largest absolute Gasteiger partial charge is 0.372 e. The van der Waals surface area contributed by atoms with Crippen LogP contribution in [0.25, 0.3) is 0 Å². The number of pyridine rings is 1. The molecule has 1 aromatic heterocycles. The number of halogens is 1. The fraction of sp³-hybridized carbons (Fsp3) is 0.583. The molecule has 2 rings (SSSR count). The summed E-state index contributed by atoms with van der Waals surface area (Å²) in [6.45, 7) is 0.494. The van der Waals surface area contributed by atoms with Crippen LogP contribution in [-0.2, 0) is 10.0 Å². The van der Waals surface area contributed by atoms with Crippen LogP contribution in [0.5, 0.6) is 0 Å². The first-order valence-electron chi connectivity index (χ1n) is 6.36. The smallest absolute Gasteiger partial charge is 0.242 e. The average molecular weight is 304 g/mol. The second-order valence-corrected chi connectivity index (χ2v) is 6.93. The normalized spacial score (nSPS) is 16.7. The van der Waals surface area contributed by atoms with Crippen LogP contribution < -0.4 is 10.0 Å². The van der Waals surface area contributed by atoms with Crippen LogP contribution in [-0.4, -0.2) is 27.0 Å². The summed E-state index contributed by atoms with van der Waals surface area (Å²) in [7, 11) is -1.84. The van der Waals surface area contributed by atoms with Crippen molar-refractivity contribution < 1.29 is 8.42 Å². The van der Waals surface area contributed by atoms with Gasteiger partial charge in [-0.15, -0.1) is 0 Å². The molecule has 1 aliphatic rings. The van der Waals surface area contributed by atoms with Gasteiger partial charge in [0.05, 0.1) is 5.02 Å². The van der Waals surface area contributed by atoms with E-state index >= 15 is 0 Å². The number of anilines is 1. The Bertz CT molecular complexity index is 542. The van der Waals surface area contributed by atoms with Crippen molar-refractivity contribution in [3.63, 3.8) is 0 Å². The molecular formula is C12H18ClN3O2S. The lowest BCUT2D eigenvalue weighted by Crippen LogP contribution is -2.28. The highest BCUT2D eigenvalue weighted by molar-refractivity contribution is 7.89. The van der Waals surface area contributed by atoms with Gasteiger partial charge in [0.2, 0.25) is 10.0 Å². The van der Waals surface area contributed by atoms with Gasteiger partial charge in [0.25, 0.3) is 0 Å². The molecule has 7 heteroatoms. The Balaban J connectivity index is 2.08. The Morgan fingerprint density at radius 1 is 1.42 bits per heavy atom.